The summed E-state index contributed by atoms with van der Waals surface area (Å²) in [6.07, 6.45) is 1.60. The van der Waals surface area contributed by atoms with Gasteiger partial charge >= 0.3 is 0 Å². The van der Waals surface area contributed by atoms with E-state index in [0.29, 0.717) is 40.4 Å². The molecule has 0 spiro atoms. The van der Waals surface area contributed by atoms with E-state index >= 15 is 0 Å². The van der Waals surface area contributed by atoms with E-state index in [1.807, 2.05) is 6.92 Å². The highest BCUT2D eigenvalue weighted by atomic mass is 32.2. The van der Waals surface area contributed by atoms with Gasteiger partial charge in [0, 0.05) is 17.6 Å². The predicted octanol–water partition coefficient (Wildman–Crippen LogP) is 3.45. The van der Waals surface area contributed by atoms with E-state index in [1.54, 1.807) is 42.6 Å². The third-order valence-electron chi connectivity index (χ3n) is 3.94. The number of rotatable bonds is 7. The molecule has 1 N–H and O–H groups in total. The Hall–Kier alpha value is -3.00. The molecule has 0 aliphatic rings. The fraction of sp³-hybridized carbons (Fsp3) is 0.211. The lowest BCUT2D eigenvalue weighted by Gasteiger charge is -2.15. The van der Waals surface area contributed by atoms with Crippen LogP contribution < -0.4 is 18.9 Å². The molecule has 0 bridgehead atoms. The van der Waals surface area contributed by atoms with Gasteiger partial charge in [-0.3, -0.25) is 9.71 Å². The highest BCUT2D eigenvalue weighted by Crippen LogP contribution is 2.34. The van der Waals surface area contributed by atoms with Gasteiger partial charge in [0.2, 0.25) is 0 Å². The number of hydrogen-bond donors (Lipinski definition) is 1. The molecule has 0 aliphatic heterocycles. The Morgan fingerprint density at radius 3 is 2.56 bits per heavy atom. The largest absolute Gasteiger partial charge is 0.497 e. The molecule has 0 unspecified atom stereocenters. The zero-order valence-corrected chi connectivity index (χ0v) is 16.0. The molecule has 1 aromatic heterocycles. The zero-order valence-electron chi connectivity index (χ0n) is 15.2. The first-order chi connectivity index (χ1) is 13.0. The first kappa shape index (κ1) is 18.8. The second-order valence-corrected chi connectivity index (χ2v) is 7.22. The van der Waals surface area contributed by atoms with Gasteiger partial charge in [-0.2, -0.15) is 0 Å². The number of aromatic nitrogens is 1. The van der Waals surface area contributed by atoms with Crippen LogP contribution in [0.4, 0.5) is 5.69 Å². The maximum Gasteiger partial charge on any atom is 0.262 e. The van der Waals surface area contributed by atoms with E-state index in [0.717, 1.165) is 0 Å². The summed E-state index contributed by atoms with van der Waals surface area (Å²) in [5.41, 5.74) is 0.799. The minimum atomic E-state index is -3.89. The van der Waals surface area contributed by atoms with Crippen LogP contribution >= 0.6 is 0 Å². The molecule has 0 saturated carbocycles. The predicted molar refractivity (Wildman–Crippen MR) is 103 cm³/mol. The molecule has 0 fully saturated rings. The van der Waals surface area contributed by atoms with Crippen LogP contribution in [0.3, 0.4) is 0 Å². The lowest BCUT2D eigenvalue weighted by atomic mass is 10.2. The van der Waals surface area contributed by atoms with Crippen molar-refractivity contribution in [2.75, 3.05) is 25.5 Å². The molecule has 1 heterocycles. The van der Waals surface area contributed by atoms with E-state index in [4.69, 9.17) is 14.2 Å². The summed E-state index contributed by atoms with van der Waals surface area (Å²) in [5.74, 6) is 1.45. The molecule has 0 atom stereocenters. The number of nitrogens with one attached hydrogen (secondary N) is 1. The molecular weight excluding hydrogens is 368 g/mol. The summed E-state index contributed by atoms with van der Waals surface area (Å²) in [6, 6.07) is 11.3. The van der Waals surface area contributed by atoms with Crippen LogP contribution in [-0.2, 0) is 10.0 Å². The number of hydrogen-bond acceptors (Lipinski definition) is 6. The number of fused-ring (bicyclic) bond motifs is 1. The topological polar surface area (TPSA) is 86.8 Å². The van der Waals surface area contributed by atoms with Crippen LogP contribution in [0, 0.1) is 0 Å². The highest BCUT2D eigenvalue weighted by molar-refractivity contribution is 7.93. The molecule has 3 aromatic rings. The number of sulfonamides is 1. The third kappa shape index (κ3) is 3.75. The van der Waals surface area contributed by atoms with Gasteiger partial charge < -0.3 is 14.2 Å². The number of methoxy groups -OCH3 is 2. The SMILES string of the molecule is CCOc1ccc(S(=O)(=O)Nc2ccc(OC)cc2OC)c2cccnc12. The Balaban J connectivity index is 2.07. The van der Waals surface area contributed by atoms with Crippen molar-refractivity contribution < 1.29 is 22.6 Å². The average Bonchev–Trinajstić information content (AvgIpc) is 2.68. The van der Waals surface area contributed by atoms with Crippen molar-refractivity contribution in [2.24, 2.45) is 0 Å². The van der Waals surface area contributed by atoms with Crippen molar-refractivity contribution in [3.8, 4) is 17.2 Å². The maximum atomic E-state index is 13.0. The van der Waals surface area contributed by atoms with Crippen LogP contribution in [0.15, 0.2) is 53.6 Å². The quantitative estimate of drug-likeness (QED) is 0.667. The Morgan fingerprint density at radius 1 is 1.04 bits per heavy atom. The standard InChI is InChI=1S/C19H20N2O5S/c1-4-26-16-9-10-18(14-6-5-11-20-19(14)16)27(22,23)21-15-8-7-13(24-2)12-17(15)25-3/h5-12,21H,4H2,1-3H3. The Labute approximate surface area is 158 Å². The van der Waals surface area contributed by atoms with Crippen LogP contribution in [0.5, 0.6) is 17.2 Å². The summed E-state index contributed by atoms with van der Waals surface area (Å²) in [6.45, 7) is 2.32. The molecule has 0 aliphatic carbocycles. The Kier molecular flexibility index (Phi) is 5.36. The minimum absolute atomic E-state index is 0.104. The summed E-state index contributed by atoms with van der Waals surface area (Å²) in [5, 5.41) is 0.475. The minimum Gasteiger partial charge on any atom is -0.497 e. The molecule has 7 nitrogen and oxygen atoms in total. The summed E-state index contributed by atoms with van der Waals surface area (Å²) in [4.78, 5) is 4.38. The smallest absolute Gasteiger partial charge is 0.262 e. The van der Waals surface area contributed by atoms with Gasteiger partial charge in [-0.05, 0) is 43.3 Å². The van der Waals surface area contributed by atoms with E-state index in [-0.39, 0.29) is 4.90 Å². The molecule has 0 saturated heterocycles. The average molecular weight is 388 g/mol. The maximum absolute atomic E-state index is 13.0. The van der Waals surface area contributed by atoms with Crippen LogP contribution in [0.1, 0.15) is 6.92 Å². The zero-order chi connectivity index (χ0) is 19.4. The number of anilines is 1. The van der Waals surface area contributed by atoms with Crippen molar-refractivity contribution in [3.63, 3.8) is 0 Å². The van der Waals surface area contributed by atoms with Crippen LogP contribution in [-0.4, -0.2) is 34.2 Å². The lowest BCUT2D eigenvalue weighted by molar-refractivity contribution is 0.343. The molecule has 3 rings (SSSR count). The molecule has 0 amide bonds. The molecule has 142 valence electrons. The van der Waals surface area contributed by atoms with Gasteiger partial charge in [-0.1, -0.05) is 0 Å². The van der Waals surface area contributed by atoms with E-state index < -0.39 is 10.0 Å². The summed E-state index contributed by atoms with van der Waals surface area (Å²) < 4.78 is 44.6. The van der Waals surface area contributed by atoms with Gasteiger partial charge in [0.15, 0.2) is 0 Å². The number of pyridine rings is 1. The van der Waals surface area contributed by atoms with Crippen LogP contribution in [0.2, 0.25) is 0 Å². The molecule has 0 radical (unpaired) electrons. The fourth-order valence-corrected chi connectivity index (χ4v) is 3.98. The van der Waals surface area contributed by atoms with Gasteiger partial charge in [-0.25, -0.2) is 8.42 Å². The monoisotopic (exact) mass is 388 g/mol. The molecule has 8 heteroatoms. The second kappa shape index (κ2) is 7.71. The Bertz CT molecular complexity index is 1070. The molecular formula is C19H20N2O5S. The van der Waals surface area contributed by atoms with Crippen molar-refractivity contribution in [2.45, 2.75) is 11.8 Å². The lowest BCUT2D eigenvalue weighted by Crippen LogP contribution is -2.14. The first-order valence-corrected chi connectivity index (χ1v) is 9.74. The van der Waals surface area contributed by atoms with Gasteiger partial charge in [-0.15, -0.1) is 0 Å². The van der Waals surface area contributed by atoms with E-state index in [9.17, 15) is 8.42 Å². The van der Waals surface area contributed by atoms with E-state index in [1.165, 1.54) is 20.3 Å². The number of nitrogens with zero attached hydrogens (tertiary/aromatic N) is 1. The number of benzene rings is 2. The summed E-state index contributed by atoms with van der Waals surface area (Å²) >= 11 is 0. The van der Waals surface area contributed by atoms with Crippen molar-refractivity contribution in [3.05, 3.63) is 48.7 Å². The van der Waals surface area contributed by atoms with Crippen molar-refractivity contribution >= 4 is 26.6 Å². The van der Waals surface area contributed by atoms with Gasteiger partial charge in [0.1, 0.15) is 22.8 Å². The fourth-order valence-electron chi connectivity index (χ4n) is 2.71. The molecule has 27 heavy (non-hydrogen) atoms. The van der Waals surface area contributed by atoms with Gasteiger partial charge in [0.05, 0.1) is 31.4 Å². The van der Waals surface area contributed by atoms with Crippen molar-refractivity contribution in [1.29, 1.82) is 0 Å². The van der Waals surface area contributed by atoms with E-state index in [2.05, 4.69) is 9.71 Å². The van der Waals surface area contributed by atoms with Crippen LogP contribution in [0.25, 0.3) is 10.9 Å². The first-order valence-electron chi connectivity index (χ1n) is 8.25. The normalized spacial score (nSPS) is 11.2. The Morgan fingerprint density at radius 2 is 1.85 bits per heavy atom. The number of ether oxygens (including phenoxy) is 3. The second-order valence-electron chi connectivity index (χ2n) is 5.57. The molecule has 2 aromatic carbocycles. The van der Waals surface area contributed by atoms with Crippen molar-refractivity contribution in [1.82, 2.24) is 4.98 Å². The summed E-state index contributed by atoms with van der Waals surface area (Å²) in [7, 11) is -0.904. The third-order valence-corrected chi connectivity index (χ3v) is 5.36. The van der Waals surface area contributed by atoms with Gasteiger partial charge in [0.25, 0.3) is 10.0 Å². The highest BCUT2D eigenvalue weighted by Gasteiger charge is 2.21.